The van der Waals surface area contributed by atoms with Crippen LogP contribution in [0.3, 0.4) is 0 Å². The van der Waals surface area contributed by atoms with Gasteiger partial charge in [0.15, 0.2) is 0 Å². The summed E-state index contributed by atoms with van der Waals surface area (Å²) in [7, 11) is 0. The van der Waals surface area contributed by atoms with Crippen molar-refractivity contribution in [2.75, 3.05) is 0 Å². The molecule has 1 rings (SSSR count). The maximum Gasteiger partial charge on any atom is 0.418 e. The normalized spacial score (nSPS) is 11.4. The Bertz CT molecular complexity index is 444. The predicted octanol–water partition coefficient (Wildman–Crippen LogP) is 2.81. The largest absolute Gasteiger partial charge is 0.443 e. The summed E-state index contributed by atoms with van der Waals surface area (Å²) in [5, 5.41) is 8.42. The van der Waals surface area contributed by atoms with Gasteiger partial charge in [-0.15, -0.1) is 0 Å². The zero-order valence-corrected chi connectivity index (χ0v) is 9.60. The van der Waals surface area contributed by atoms with Crippen LogP contribution in [0.4, 0.5) is 4.79 Å². The minimum Gasteiger partial charge on any atom is -0.443 e. The molecular formula is C12H14N2O2. The molecule has 0 aliphatic rings. The van der Waals surface area contributed by atoms with Gasteiger partial charge in [-0.1, -0.05) is 0 Å². The first-order valence-electron chi connectivity index (χ1n) is 4.91. The van der Waals surface area contributed by atoms with Crippen LogP contribution in [0.1, 0.15) is 26.5 Å². The second-order valence-electron chi connectivity index (χ2n) is 4.25. The predicted molar refractivity (Wildman–Crippen MR) is 60.7 cm³/mol. The fourth-order valence-corrected chi connectivity index (χ4v) is 1.13. The van der Waals surface area contributed by atoms with Gasteiger partial charge in [-0.3, -0.25) is 4.57 Å². The van der Waals surface area contributed by atoms with E-state index in [1.165, 1.54) is 10.6 Å². The highest BCUT2D eigenvalue weighted by Gasteiger charge is 2.18. The summed E-state index contributed by atoms with van der Waals surface area (Å²) in [6.07, 6.45) is 4.03. The number of allylic oxidation sites excluding steroid dienone is 1. The lowest BCUT2D eigenvalue weighted by Crippen LogP contribution is -2.27. The second kappa shape index (κ2) is 4.67. The van der Waals surface area contributed by atoms with Gasteiger partial charge in [0.25, 0.3) is 0 Å². The standard InChI is InChI=1S/C12H14N2O2/c1-12(2,3)16-11(15)14-9-5-7-10(14)6-4-8-13/h4-7,9H,1-3H3. The number of ether oxygens (including phenoxy) is 1. The SMILES string of the molecule is CC(C)(C)OC(=O)n1cccc1C=CC#N. The van der Waals surface area contributed by atoms with Crippen molar-refractivity contribution in [1.29, 1.82) is 5.26 Å². The van der Waals surface area contributed by atoms with Crippen LogP contribution in [0.25, 0.3) is 6.08 Å². The molecule has 0 N–H and O–H groups in total. The van der Waals surface area contributed by atoms with Crippen molar-refractivity contribution in [3.05, 3.63) is 30.1 Å². The van der Waals surface area contributed by atoms with Crippen LogP contribution in [0, 0.1) is 11.3 Å². The first kappa shape index (κ1) is 12.1. The number of nitriles is 1. The highest BCUT2D eigenvalue weighted by molar-refractivity contribution is 5.74. The summed E-state index contributed by atoms with van der Waals surface area (Å²) in [4.78, 5) is 11.7. The first-order valence-corrected chi connectivity index (χ1v) is 4.91. The van der Waals surface area contributed by atoms with Gasteiger partial charge >= 0.3 is 6.09 Å². The first-order chi connectivity index (χ1) is 7.44. The molecule has 4 heteroatoms. The molecule has 0 radical (unpaired) electrons. The zero-order chi connectivity index (χ0) is 12.2. The van der Waals surface area contributed by atoms with E-state index in [2.05, 4.69) is 0 Å². The molecule has 1 aromatic heterocycles. The molecule has 1 aromatic rings. The summed E-state index contributed by atoms with van der Waals surface area (Å²) < 4.78 is 6.57. The van der Waals surface area contributed by atoms with Crippen molar-refractivity contribution >= 4 is 12.2 Å². The third-order valence-electron chi connectivity index (χ3n) is 1.70. The van der Waals surface area contributed by atoms with Crippen molar-refractivity contribution in [1.82, 2.24) is 4.57 Å². The van der Waals surface area contributed by atoms with Gasteiger partial charge in [0.05, 0.1) is 11.8 Å². The van der Waals surface area contributed by atoms with Gasteiger partial charge in [-0.2, -0.15) is 5.26 Å². The molecule has 0 saturated carbocycles. The molecule has 0 aliphatic carbocycles. The molecule has 0 bridgehead atoms. The lowest BCUT2D eigenvalue weighted by atomic mass is 10.2. The van der Waals surface area contributed by atoms with Crippen molar-refractivity contribution in [3.63, 3.8) is 0 Å². The van der Waals surface area contributed by atoms with Gasteiger partial charge in [0.2, 0.25) is 0 Å². The Morgan fingerprint density at radius 3 is 2.81 bits per heavy atom. The number of nitrogens with zero attached hydrogens (tertiary/aromatic N) is 2. The molecule has 1 heterocycles. The summed E-state index contributed by atoms with van der Waals surface area (Å²) in [5.41, 5.74) is 0.0909. The van der Waals surface area contributed by atoms with Crippen LogP contribution in [0.2, 0.25) is 0 Å². The van der Waals surface area contributed by atoms with E-state index in [1.807, 2.05) is 6.07 Å². The molecule has 84 valence electrons. The molecule has 4 nitrogen and oxygen atoms in total. The number of carbonyl (C=O) groups excluding carboxylic acids is 1. The van der Waals surface area contributed by atoms with E-state index in [9.17, 15) is 4.79 Å². The van der Waals surface area contributed by atoms with Crippen molar-refractivity contribution in [2.45, 2.75) is 26.4 Å². The highest BCUT2D eigenvalue weighted by atomic mass is 16.6. The summed E-state index contributed by atoms with van der Waals surface area (Å²) in [6.45, 7) is 5.41. The number of aromatic nitrogens is 1. The molecule has 0 aliphatic heterocycles. The molecule has 0 aromatic carbocycles. The number of carbonyl (C=O) groups is 1. The second-order valence-corrected chi connectivity index (χ2v) is 4.25. The Kier molecular flexibility index (Phi) is 3.51. The van der Waals surface area contributed by atoms with E-state index in [0.29, 0.717) is 5.69 Å². The van der Waals surface area contributed by atoms with Gasteiger partial charge in [0, 0.05) is 12.3 Å². The molecule has 0 fully saturated rings. The maximum absolute atomic E-state index is 11.7. The number of hydrogen-bond acceptors (Lipinski definition) is 3. The minimum atomic E-state index is -0.530. The highest BCUT2D eigenvalue weighted by Crippen LogP contribution is 2.12. The average Bonchev–Trinajstić information content (AvgIpc) is 2.59. The summed E-state index contributed by atoms with van der Waals surface area (Å²) >= 11 is 0. The van der Waals surface area contributed by atoms with Crippen molar-refractivity contribution in [3.8, 4) is 6.07 Å². The minimum absolute atomic E-state index is 0.449. The van der Waals surface area contributed by atoms with E-state index < -0.39 is 11.7 Å². The van der Waals surface area contributed by atoms with E-state index in [1.54, 1.807) is 45.2 Å². The molecule has 16 heavy (non-hydrogen) atoms. The van der Waals surface area contributed by atoms with Gasteiger partial charge in [0.1, 0.15) is 5.60 Å². The molecule has 0 atom stereocenters. The van der Waals surface area contributed by atoms with E-state index in [0.717, 1.165) is 0 Å². The Balaban J connectivity index is 2.89. The number of rotatable bonds is 1. The summed E-state index contributed by atoms with van der Waals surface area (Å²) in [5.74, 6) is 0. The average molecular weight is 218 g/mol. The van der Waals surface area contributed by atoms with E-state index in [-0.39, 0.29) is 0 Å². The monoisotopic (exact) mass is 218 g/mol. The lowest BCUT2D eigenvalue weighted by Gasteiger charge is -2.19. The van der Waals surface area contributed by atoms with Crippen LogP contribution in [-0.4, -0.2) is 16.3 Å². The lowest BCUT2D eigenvalue weighted by molar-refractivity contribution is 0.0536. The summed E-state index contributed by atoms with van der Waals surface area (Å²) in [6, 6.07) is 5.33. The Morgan fingerprint density at radius 2 is 2.25 bits per heavy atom. The van der Waals surface area contributed by atoms with Crippen LogP contribution < -0.4 is 0 Å². The number of hydrogen-bond donors (Lipinski definition) is 0. The van der Waals surface area contributed by atoms with Crippen LogP contribution in [0.15, 0.2) is 24.4 Å². The fraction of sp³-hybridized carbons (Fsp3) is 0.333. The van der Waals surface area contributed by atoms with Crippen molar-refractivity contribution < 1.29 is 9.53 Å². The molecule has 0 saturated heterocycles. The van der Waals surface area contributed by atoms with Gasteiger partial charge in [-0.05, 0) is 39.0 Å². The third kappa shape index (κ3) is 3.28. The quantitative estimate of drug-likeness (QED) is 0.681. The Morgan fingerprint density at radius 1 is 1.56 bits per heavy atom. The van der Waals surface area contributed by atoms with Crippen LogP contribution >= 0.6 is 0 Å². The molecule has 0 unspecified atom stereocenters. The zero-order valence-electron chi connectivity index (χ0n) is 9.60. The topological polar surface area (TPSA) is 55.0 Å². The van der Waals surface area contributed by atoms with Crippen LogP contribution in [0.5, 0.6) is 0 Å². The fourth-order valence-electron chi connectivity index (χ4n) is 1.13. The van der Waals surface area contributed by atoms with Crippen molar-refractivity contribution in [2.24, 2.45) is 0 Å². The molecule has 0 spiro atoms. The molecule has 0 amide bonds. The third-order valence-corrected chi connectivity index (χ3v) is 1.70. The van der Waals surface area contributed by atoms with Crippen LogP contribution in [-0.2, 0) is 4.74 Å². The molecular weight excluding hydrogens is 204 g/mol. The van der Waals surface area contributed by atoms with Gasteiger partial charge < -0.3 is 4.74 Å². The van der Waals surface area contributed by atoms with E-state index >= 15 is 0 Å². The van der Waals surface area contributed by atoms with E-state index in [4.69, 9.17) is 10.00 Å². The maximum atomic E-state index is 11.7. The Hall–Kier alpha value is -2.02. The van der Waals surface area contributed by atoms with Gasteiger partial charge in [-0.25, -0.2) is 4.79 Å². The Labute approximate surface area is 94.7 Å². The smallest absolute Gasteiger partial charge is 0.418 e.